The Labute approximate surface area is 117 Å². The normalized spacial score (nSPS) is 11.0. The van der Waals surface area contributed by atoms with Crippen LogP contribution in [0, 0.1) is 5.82 Å². The van der Waals surface area contributed by atoms with Gasteiger partial charge in [0.05, 0.1) is 13.5 Å². The lowest BCUT2D eigenvalue weighted by molar-refractivity contribution is -0.139. The summed E-state index contributed by atoms with van der Waals surface area (Å²) in [5, 5.41) is 0.232. The molecule has 0 amide bonds. The summed E-state index contributed by atoms with van der Waals surface area (Å²) >= 11 is 5.10. The van der Waals surface area contributed by atoms with Crippen LogP contribution >= 0.6 is 12.2 Å². The lowest BCUT2D eigenvalue weighted by Crippen LogP contribution is -2.23. The zero-order valence-corrected chi connectivity index (χ0v) is 12.3. The molecule has 0 radical (unpaired) electrons. The van der Waals surface area contributed by atoms with Crippen LogP contribution in [0.4, 0.5) is 4.39 Å². The van der Waals surface area contributed by atoms with Crippen molar-refractivity contribution in [2.45, 2.75) is 32.8 Å². The van der Waals surface area contributed by atoms with Gasteiger partial charge in [-0.1, -0.05) is 6.07 Å². The quantitative estimate of drug-likeness (QED) is 0.631. The molecule has 19 heavy (non-hydrogen) atoms. The summed E-state index contributed by atoms with van der Waals surface area (Å²) in [5.74, 6) is -0.983. The van der Waals surface area contributed by atoms with Crippen LogP contribution in [-0.4, -0.2) is 23.7 Å². The van der Waals surface area contributed by atoms with E-state index in [0.29, 0.717) is 5.56 Å². The third kappa shape index (κ3) is 4.95. The Hall–Kier alpha value is -1.49. The van der Waals surface area contributed by atoms with E-state index in [9.17, 15) is 9.18 Å². The lowest BCUT2D eigenvalue weighted by Gasteiger charge is -2.21. The fraction of sp³-hybridized carbons (Fsp3) is 0.429. The minimum Gasteiger partial charge on any atom is -0.477 e. The van der Waals surface area contributed by atoms with E-state index >= 15 is 0 Å². The molecule has 0 fully saturated rings. The van der Waals surface area contributed by atoms with Gasteiger partial charge in [0.2, 0.25) is 0 Å². The predicted octanol–water partition coefficient (Wildman–Crippen LogP) is 3.03. The second-order valence-electron chi connectivity index (χ2n) is 5.06. The van der Waals surface area contributed by atoms with E-state index in [2.05, 4.69) is 4.74 Å². The number of halogens is 1. The van der Waals surface area contributed by atoms with E-state index in [4.69, 9.17) is 17.0 Å². The van der Waals surface area contributed by atoms with Gasteiger partial charge in [-0.2, -0.15) is 0 Å². The summed E-state index contributed by atoms with van der Waals surface area (Å²) in [6.45, 7) is 5.59. The summed E-state index contributed by atoms with van der Waals surface area (Å²) in [6, 6.07) is 4.42. The van der Waals surface area contributed by atoms with Crippen molar-refractivity contribution in [3.05, 3.63) is 35.1 Å². The van der Waals surface area contributed by atoms with Crippen LogP contribution in [0.25, 0.3) is 0 Å². The van der Waals surface area contributed by atoms with Crippen LogP contribution < -0.4 is 0 Å². The van der Waals surface area contributed by atoms with Crippen LogP contribution in [0.3, 0.4) is 0 Å². The van der Waals surface area contributed by atoms with Crippen LogP contribution in [-0.2, 0) is 20.7 Å². The van der Waals surface area contributed by atoms with Gasteiger partial charge in [-0.3, -0.25) is 4.79 Å². The van der Waals surface area contributed by atoms with E-state index < -0.39 is 17.4 Å². The molecule has 3 nitrogen and oxygen atoms in total. The Kier molecular flexibility index (Phi) is 5.00. The van der Waals surface area contributed by atoms with E-state index in [1.54, 1.807) is 6.07 Å². The average Bonchev–Trinajstić information content (AvgIpc) is 2.29. The maximum Gasteiger partial charge on any atom is 0.310 e. The van der Waals surface area contributed by atoms with Crippen molar-refractivity contribution in [3.8, 4) is 0 Å². The maximum absolute atomic E-state index is 13.8. The van der Waals surface area contributed by atoms with Crippen molar-refractivity contribution in [2.24, 2.45) is 0 Å². The number of rotatable bonds is 3. The first kappa shape index (κ1) is 15.6. The van der Waals surface area contributed by atoms with Gasteiger partial charge in [0.1, 0.15) is 11.4 Å². The first-order chi connectivity index (χ1) is 8.73. The van der Waals surface area contributed by atoms with Crippen molar-refractivity contribution in [2.75, 3.05) is 7.11 Å². The predicted molar refractivity (Wildman–Crippen MR) is 74.7 cm³/mol. The molecule has 0 saturated carbocycles. The molecule has 0 saturated heterocycles. The van der Waals surface area contributed by atoms with Crippen molar-refractivity contribution in [3.63, 3.8) is 0 Å². The second-order valence-corrected chi connectivity index (χ2v) is 5.43. The molecule has 0 N–H and O–H groups in total. The molecule has 0 atom stereocenters. The molecule has 0 unspecified atom stereocenters. The summed E-state index contributed by atoms with van der Waals surface area (Å²) in [5.41, 5.74) is 0.323. The van der Waals surface area contributed by atoms with Crippen LogP contribution in [0.15, 0.2) is 18.2 Å². The van der Waals surface area contributed by atoms with Gasteiger partial charge in [0.15, 0.2) is 5.05 Å². The highest BCUT2D eigenvalue weighted by Crippen LogP contribution is 2.16. The molecule has 104 valence electrons. The molecule has 1 aromatic carbocycles. The minimum atomic E-state index is -0.497. The molecule has 5 heteroatoms. The molecule has 0 spiro atoms. The molecule has 1 aromatic rings. The van der Waals surface area contributed by atoms with E-state index in [1.807, 2.05) is 20.8 Å². The van der Waals surface area contributed by atoms with Gasteiger partial charge in [-0.05, 0) is 50.7 Å². The van der Waals surface area contributed by atoms with Gasteiger partial charge < -0.3 is 9.47 Å². The molecule has 0 bridgehead atoms. The molecule has 0 aliphatic heterocycles. The molecular weight excluding hydrogens is 267 g/mol. The van der Waals surface area contributed by atoms with E-state index in [0.717, 1.165) is 0 Å². The van der Waals surface area contributed by atoms with Gasteiger partial charge in [0, 0.05) is 5.56 Å². The second kappa shape index (κ2) is 6.10. The van der Waals surface area contributed by atoms with E-state index in [1.165, 1.54) is 19.2 Å². The third-order valence-electron chi connectivity index (χ3n) is 2.25. The van der Waals surface area contributed by atoms with Crippen molar-refractivity contribution in [1.82, 2.24) is 0 Å². The Balaban J connectivity index is 2.87. The Morgan fingerprint density at radius 3 is 2.47 bits per heavy atom. The van der Waals surface area contributed by atoms with Gasteiger partial charge >= 0.3 is 5.97 Å². The fourth-order valence-electron chi connectivity index (χ4n) is 1.38. The number of esters is 1. The largest absolute Gasteiger partial charge is 0.477 e. The maximum atomic E-state index is 13.8. The van der Waals surface area contributed by atoms with Crippen LogP contribution in [0.1, 0.15) is 31.9 Å². The number of benzene rings is 1. The molecular formula is C14H17FO3S. The van der Waals surface area contributed by atoms with Crippen molar-refractivity contribution >= 4 is 23.2 Å². The number of hydrogen-bond acceptors (Lipinski definition) is 4. The molecule has 1 rings (SSSR count). The SMILES string of the molecule is COC(=O)Cc1ccc(C(=S)OC(C)(C)C)cc1F. The van der Waals surface area contributed by atoms with E-state index in [-0.39, 0.29) is 17.0 Å². The minimum absolute atomic E-state index is 0.102. The number of carbonyl (C=O) groups is 1. The van der Waals surface area contributed by atoms with Gasteiger partial charge in [0.25, 0.3) is 0 Å². The zero-order valence-electron chi connectivity index (χ0n) is 11.5. The zero-order chi connectivity index (χ0) is 14.6. The average molecular weight is 284 g/mol. The molecule has 0 heterocycles. The number of ether oxygens (including phenoxy) is 2. The Morgan fingerprint density at radius 2 is 2.00 bits per heavy atom. The highest BCUT2D eigenvalue weighted by Gasteiger charge is 2.16. The van der Waals surface area contributed by atoms with Gasteiger partial charge in [-0.25, -0.2) is 4.39 Å². The Bertz CT molecular complexity index is 492. The van der Waals surface area contributed by atoms with Crippen LogP contribution in [0.5, 0.6) is 0 Å². The highest BCUT2D eigenvalue weighted by molar-refractivity contribution is 7.80. The number of hydrogen-bond donors (Lipinski definition) is 0. The summed E-state index contributed by atoms with van der Waals surface area (Å²) in [7, 11) is 1.26. The lowest BCUT2D eigenvalue weighted by atomic mass is 10.1. The van der Waals surface area contributed by atoms with Crippen molar-refractivity contribution < 1.29 is 18.7 Å². The summed E-state index contributed by atoms with van der Waals surface area (Å²) in [4.78, 5) is 11.1. The first-order valence-corrected chi connectivity index (χ1v) is 6.22. The Morgan fingerprint density at radius 1 is 1.37 bits per heavy atom. The third-order valence-corrected chi connectivity index (χ3v) is 2.57. The standard InChI is InChI=1S/C14H17FO3S/c1-14(2,3)18-13(19)10-6-5-9(11(15)7-10)8-12(16)17-4/h5-7H,8H2,1-4H3. The summed E-state index contributed by atoms with van der Waals surface area (Å²) < 4.78 is 23.8. The topological polar surface area (TPSA) is 35.5 Å². The highest BCUT2D eigenvalue weighted by atomic mass is 32.1. The van der Waals surface area contributed by atoms with Gasteiger partial charge in [-0.15, -0.1) is 0 Å². The number of thiocarbonyl (C=S) groups is 1. The monoisotopic (exact) mass is 284 g/mol. The van der Waals surface area contributed by atoms with Crippen LogP contribution in [0.2, 0.25) is 0 Å². The van der Waals surface area contributed by atoms with Crippen molar-refractivity contribution in [1.29, 1.82) is 0 Å². The number of methoxy groups -OCH3 is 1. The fourth-order valence-corrected chi connectivity index (χ4v) is 1.76. The summed E-state index contributed by atoms with van der Waals surface area (Å²) in [6.07, 6.45) is -0.102. The first-order valence-electron chi connectivity index (χ1n) is 5.81. The molecule has 0 aliphatic rings. The number of carbonyl (C=O) groups excluding carboxylic acids is 1. The smallest absolute Gasteiger partial charge is 0.310 e. The molecule has 0 aromatic heterocycles. The molecule has 0 aliphatic carbocycles.